The molecule has 0 radical (unpaired) electrons. The Labute approximate surface area is 169 Å². The van der Waals surface area contributed by atoms with Gasteiger partial charge in [-0.1, -0.05) is 12.1 Å². The highest BCUT2D eigenvalue weighted by atomic mass is 32.1. The minimum absolute atomic E-state index is 0.0803. The van der Waals surface area contributed by atoms with Crippen LogP contribution >= 0.6 is 11.3 Å². The summed E-state index contributed by atoms with van der Waals surface area (Å²) in [4.78, 5) is 13.5. The third-order valence-electron chi connectivity index (χ3n) is 4.34. The fourth-order valence-corrected chi connectivity index (χ4v) is 4.10. The second kappa shape index (κ2) is 7.82. The van der Waals surface area contributed by atoms with E-state index in [1.54, 1.807) is 24.3 Å². The Bertz CT molecular complexity index is 1240. The number of nitriles is 1. The summed E-state index contributed by atoms with van der Waals surface area (Å²) in [5.74, 6) is -1.24. The van der Waals surface area contributed by atoms with Crippen LogP contribution in [0.4, 0.5) is 8.78 Å². The largest absolute Gasteiger partial charge is 0.487 e. The summed E-state index contributed by atoms with van der Waals surface area (Å²) in [7, 11) is 0. The predicted octanol–water partition coefficient (Wildman–Crippen LogP) is 5.86. The SMILES string of the molecule is N#Cc1ccc(C(=O)c2sc3ccccc3c2OCc2cc(F)cc(F)c2)cc1. The van der Waals surface area contributed by atoms with Crippen molar-refractivity contribution in [2.75, 3.05) is 0 Å². The van der Waals surface area contributed by atoms with Crippen molar-refractivity contribution in [3.05, 3.63) is 99.9 Å². The fraction of sp³-hybridized carbons (Fsp3) is 0.0435. The van der Waals surface area contributed by atoms with Crippen LogP contribution in [0.15, 0.2) is 66.7 Å². The fourth-order valence-electron chi connectivity index (χ4n) is 2.99. The molecule has 0 aliphatic carbocycles. The maximum Gasteiger partial charge on any atom is 0.206 e. The molecule has 1 aromatic heterocycles. The van der Waals surface area contributed by atoms with Gasteiger partial charge in [-0.3, -0.25) is 4.79 Å². The average molecular weight is 405 g/mol. The maximum atomic E-state index is 13.5. The Hall–Kier alpha value is -3.56. The van der Waals surface area contributed by atoms with Crippen LogP contribution in [0.3, 0.4) is 0 Å². The molecule has 4 rings (SSSR count). The van der Waals surface area contributed by atoms with Gasteiger partial charge in [0.15, 0.2) is 0 Å². The van der Waals surface area contributed by atoms with Crippen molar-refractivity contribution in [1.29, 1.82) is 5.26 Å². The zero-order valence-electron chi connectivity index (χ0n) is 15.0. The number of fused-ring (bicyclic) bond motifs is 1. The molecule has 3 aromatic carbocycles. The molecule has 142 valence electrons. The van der Waals surface area contributed by atoms with E-state index in [1.165, 1.54) is 23.5 Å². The first-order valence-electron chi connectivity index (χ1n) is 8.69. The van der Waals surface area contributed by atoms with E-state index in [0.717, 1.165) is 16.2 Å². The normalized spacial score (nSPS) is 10.7. The summed E-state index contributed by atoms with van der Waals surface area (Å²) in [6.45, 7) is -0.0803. The van der Waals surface area contributed by atoms with Gasteiger partial charge in [-0.25, -0.2) is 8.78 Å². The number of halogens is 2. The standard InChI is InChI=1S/C23H13F2NO2S/c24-17-9-15(10-18(25)11-17)13-28-22-19-3-1-2-4-20(19)29-23(22)21(27)16-7-5-14(12-26)6-8-16/h1-11H,13H2. The number of rotatable bonds is 5. The lowest BCUT2D eigenvalue weighted by Crippen LogP contribution is -2.03. The van der Waals surface area contributed by atoms with Gasteiger partial charge in [0, 0.05) is 21.7 Å². The molecule has 29 heavy (non-hydrogen) atoms. The van der Waals surface area contributed by atoms with Gasteiger partial charge in [0.05, 0.1) is 11.6 Å². The number of benzene rings is 3. The van der Waals surface area contributed by atoms with Crippen LogP contribution in [-0.4, -0.2) is 5.78 Å². The summed E-state index contributed by atoms with van der Waals surface area (Å²) in [6.07, 6.45) is 0. The van der Waals surface area contributed by atoms with E-state index < -0.39 is 11.6 Å². The smallest absolute Gasteiger partial charge is 0.206 e. The first kappa shape index (κ1) is 18.8. The Morgan fingerprint density at radius 2 is 1.69 bits per heavy atom. The molecular weight excluding hydrogens is 392 g/mol. The van der Waals surface area contributed by atoms with Crippen molar-refractivity contribution in [3.8, 4) is 11.8 Å². The first-order chi connectivity index (χ1) is 14.0. The Morgan fingerprint density at radius 1 is 1.00 bits per heavy atom. The Morgan fingerprint density at radius 3 is 2.38 bits per heavy atom. The third-order valence-corrected chi connectivity index (χ3v) is 5.49. The lowest BCUT2D eigenvalue weighted by atomic mass is 10.1. The van der Waals surface area contributed by atoms with Gasteiger partial charge in [-0.15, -0.1) is 11.3 Å². The number of carbonyl (C=O) groups is 1. The van der Waals surface area contributed by atoms with E-state index in [0.29, 0.717) is 27.3 Å². The van der Waals surface area contributed by atoms with E-state index in [9.17, 15) is 13.6 Å². The molecule has 0 saturated heterocycles. The van der Waals surface area contributed by atoms with Crippen molar-refractivity contribution in [2.45, 2.75) is 6.61 Å². The molecule has 0 amide bonds. The predicted molar refractivity (Wildman–Crippen MR) is 107 cm³/mol. The molecule has 3 nitrogen and oxygen atoms in total. The minimum Gasteiger partial charge on any atom is -0.487 e. The highest BCUT2D eigenvalue weighted by Crippen LogP contribution is 2.39. The summed E-state index contributed by atoms with van der Waals surface area (Å²) in [5, 5.41) is 9.69. The topological polar surface area (TPSA) is 50.1 Å². The van der Waals surface area contributed by atoms with Gasteiger partial charge in [0.2, 0.25) is 5.78 Å². The van der Waals surface area contributed by atoms with E-state index in [2.05, 4.69) is 0 Å². The van der Waals surface area contributed by atoms with Crippen LogP contribution in [0, 0.1) is 23.0 Å². The van der Waals surface area contributed by atoms with Crippen molar-refractivity contribution in [1.82, 2.24) is 0 Å². The number of hydrogen-bond donors (Lipinski definition) is 0. The van der Waals surface area contributed by atoms with Gasteiger partial charge in [-0.05, 0) is 54.1 Å². The van der Waals surface area contributed by atoms with Gasteiger partial charge >= 0.3 is 0 Å². The molecule has 6 heteroatoms. The first-order valence-corrected chi connectivity index (χ1v) is 9.51. The van der Waals surface area contributed by atoms with Gasteiger partial charge < -0.3 is 4.74 Å². The van der Waals surface area contributed by atoms with E-state index >= 15 is 0 Å². The number of hydrogen-bond acceptors (Lipinski definition) is 4. The molecule has 0 unspecified atom stereocenters. The second-order valence-corrected chi connectivity index (χ2v) is 7.39. The highest BCUT2D eigenvalue weighted by Gasteiger charge is 2.21. The quantitative estimate of drug-likeness (QED) is 0.391. The minimum atomic E-state index is -0.687. The van der Waals surface area contributed by atoms with E-state index in [-0.39, 0.29) is 12.4 Å². The van der Waals surface area contributed by atoms with Crippen LogP contribution < -0.4 is 4.74 Å². The van der Waals surface area contributed by atoms with E-state index in [4.69, 9.17) is 10.00 Å². The van der Waals surface area contributed by atoms with Crippen LogP contribution in [0.1, 0.15) is 26.4 Å². The van der Waals surface area contributed by atoms with Crippen molar-refractivity contribution >= 4 is 27.2 Å². The van der Waals surface area contributed by atoms with Crippen molar-refractivity contribution < 1.29 is 18.3 Å². The molecule has 0 aliphatic rings. The molecule has 1 heterocycles. The van der Waals surface area contributed by atoms with Crippen LogP contribution in [-0.2, 0) is 6.61 Å². The lowest BCUT2D eigenvalue weighted by Gasteiger charge is -2.09. The summed E-state index contributed by atoms with van der Waals surface area (Å²) in [5.41, 5.74) is 1.22. The zero-order valence-corrected chi connectivity index (χ0v) is 15.8. The van der Waals surface area contributed by atoms with Gasteiger partial charge in [0.1, 0.15) is 28.9 Å². The Balaban J connectivity index is 1.72. The Kier molecular flexibility index (Phi) is 5.07. The summed E-state index contributed by atoms with van der Waals surface area (Å²) in [6, 6.07) is 19.0. The monoisotopic (exact) mass is 405 g/mol. The summed E-state index contributed by atoms with van der Waals surface area (Å²) >= 11 is 1.29. The molecule has 0 atom stereocenters. The van der Waals surface area contributed by atoms with E-state index in [1.807, 2.05) is 30.3 Å². The molecule has 4 aromatic rings. The molecule has 0 saturated carbocycles. The molecule has 0 N–H and O–H groups in total. The molecule has 0 fully saturated rings. The van der Waals surface area contributed by atoms with Crippen molar-refractivity contribution in [3.63, 3.8) is 0 Å². The lowest BCUT2D eigenvalue weighted by molar-refractivity contribution is 0.103. The number of nitrogens with zero attached hydrogens (tertiary/aromatic N) is 1. The third kappa shape index (κ3) is 3.86. The number of ketones is 1. The second-order valence-electron chi connectivity index (χ2n) is 6.34. The number of thiophene rings is 1. The van der Waals surface area contributed by atoms with Gasteiger partial charge in [0.25, 0.3) is 0 Å². The van der Waals surface area contributed by atoms with Crippen LogP contribution in [0.2, 0.25) is 0 Å². The molecule has 0 aliphatic heterocycles. The van der Waals surface area contributed by atoms with Gasteiger partial charge in [-0.2, -0.15) is 5.26 Å². The molecule has 0 spiro atoms. The van der Waals surface area contributed by atoms with Crippen LogP contribution in [0.25, 0.3) is 10.1 Å². The number of ether oxygens (including phenoxy) is 1. The molecule has 0 bridgehead atoms. The van der Waals surface area contributed by atoms with Crippen LogP contribution in [0.5, 0.6) is 5.75 Å². The van der Waals surface area contributed by atoms with Crippen molar-refractivity contribution in [2.24, 2.45) is 0 Å². The molecular formula is C23H13F2NO2S. The maximum absolute atomic E-state index is 13.5. The summed E-state index contributed by atoms with van der Waals surface area (Å²) < 4.78 is 33.7. The number of carbonyl (C=O) groups excluding carboxylic acids is 1. The highest BCUT2D eigenvalue weighted by molar-refractivity contribution is 7.21. The zero-order chi connectivity index (χ0) is 20.4. The average Bonchev–Trinajstić information content (AvgIpc) is 3.09.